The molecule has 0 spiro atoms. The minimum absolute atomic E-state index is 0.00178. The van der Waals surface area contributed by atoms with Crippen LogP contribution in [0.3, 0.4) is 0 Å². The fourth-order valence-electron chi connectivity index (χ4n) is 5.59. The Hall–Kier alpha value is -1.92. The number of piperazine rings is 1. The maximum atomic E-state index is 11.7. The lowest BCUT2D eigenvalue weighted by Crippen LogP contribution is -2.47. The van der Waals surface area contributed by atoms with Crippen molar-refractivity contribution in [3.8, 4) is 11.3 Å². The van der Waals surface area contributed by atoms with Crippen LogP contribution in [0.5, 0.6) is 0 Å². The third kappa shape index (κ3) is 4.57. The molecule has 5 nitrogen and oxygen atoms in total. The summed E-state index contributed by atoms with van der Waals surface area (Å²) in [5.41, 5.74) is 5.79. The molecule has 0 N–H and O–H groups in total. The van der Waals surface area contributed by atoms with Gasteiger partial charge in [0, 0.05) is 37.1 Å². The molecule has 0 saturated carbocycles. The van der Waals surface area contributed by atoms with Gasteiger partial charge in [0.25, 0.3) is 0 Å². The number of hydrogen-bond donors (Lipinski definition) is 0. The molecule has 2 fully saturated rings. The van der Waals surface area contributed by atoms with E-state index in [0.29, 0.717) is 6.61 Å². The number of esters is 1. The summed E-state index contributed by atoms with van der Waals surface area (Å²) in [6.45, 7) is 15.1. The van der Waals surface area contributed by atoms with Gasteiger partial charge in [0.2, 0.25) is 0 Å². The van der Waals surface area contributed by atoms with Crippen molar-refractivity contribution in [2.24, 2.45) is 5.92 Å². The van der Waals surface area contributed by atoms with E-state index in [2.05, 4.69) is 61.1 Å². The van der Waals surface area contributed by atoms with Crippen LogP contribution in [0.15, 0.2) is 23.6 Å². The average Bonchev–Trinajstić information content (AvgIpc) is 3.45. The molecule has 1 aliphatic carbocycles. The van der Waals surface area contributed by atoms with Crippen molar-refractivity contribution < 1.29 is 9.53 Å². The molecule has 178 valence electrons. The number of carbonyl (C=O) groups is 1. The maximum absolute atomic E-state index is 11.7. The Bertz CT molecular complexity index is 1020. The molecule has 0 radical (unpaired) electrons. The highest BCUT2D eigenvalue weighted by Gasteiger charge is 2.37. The lowest BCUT2D eigenvalue weighted by atomic mass is 9.63. The number of benzene rings is 1. The van der Waals surface area contributed by atoms with Crippen LogP contribution in [0, 0.1) is 5.92 Å². The lowest BCUT2D eigenvalue weighted by molar-refractivity contribution is -0.141. The fraction of sp³-hybridized carbons (Fsp3) is 0.630. The van der Waals surface area contributed by atoms with Crippen molar-refractivity contribution in [3.63, 3.8) is 0 Å². The minimum Gasteiger partial charge on any atom is -0.465 e. The monoisotopic (exact) mass is 467 g/mol. The van der Waals surface area contributed by atoms with Gasteiger partial charge in [0.1, 0.15) is 0 Å². The highest BCUT2D eigenvalue weighted by molar-refractivity contribution is 7.14. The highest BCUT2D eigenvalue weighted by atomic mass is 32.1. The Morgan fingerprint density at radius 2 is 1.79 bits per heavy atom. The number of aromatic nitrogens is 1. The summed E-state index contributed by atoms with van der Waals surface area (Å²) in [5.74, 6) is 0.106. The molecule has 1 aromatic heterocycles. The normalized spacial score (nSPS) is 24.5. The van der Waals surface area contributed by atoms with E-state index < -0.39 is 0 Å². The van der Waals surface area contributed by atoms with Crippen LogP contribution >= 0.6 is 11.3 Å². The van der Waals surface area contributed by atoms with Gasteiger partial charge in [0.15, 0.2) is 5.13 Å². The summed E-state index contributed by atoms with van der Waals surface area (Å²) < 4.78 is 5.10. The van der Waals surface area contributed by atoms with Crippen molar-refractivity contribution in [1.82, 2.24) is 9.88 Å². The van der Waals surface area contributed by atoms with Gasteiger partial charge in [-0.05, 0) is 60.3 Å². The Balaban J connectivity index is 1.24. The molecule has 2 aliphatic heterocycles. The molecular weight excluding hydrogens is 430 g/mol. The van der Waals surface area contributed by atoms with E-state index in [1.807, 2.05) is 0 Å². The van der Waals surface area contributed by atoms with Gasteiger partial charge in [-0.25, -0.2) is 4.98 Å². The summed E-state index contributed by atoms with van der Waals surface area (Å²) in [7, 11) is 0. The van der Waals surface area contributed by atoms with Crippen LogP contribution in [-0.4, -0.2) is 55.2 Å². The van der Waals surface area contributed by atoms with E-state index >= 15 is 0 Å². The number of fused-ring (bicyclic) bond motifs is 1. The number of carbonyl (C=O) groups excluding carboxylic acids is 1. The van der Waals surface area contributed by atoms with Gasteiger partial charge in [-0.3, -0.25) is 9.69 Å². The van der Waals surface area contributed by atoms with E-state index in [9.17, 15) is 4.79 Å². The lowest BCUT2D eigenvalue weighted by Gasteiger charge is -2.42. The smallest absolute Gasteiger partial charge is 0.309 e. The first-order valence-electron chi connectivity index (χ1n) is 12.5. The largest absolute Gasteiger partial charge is 0.465 e. The van der Waals surface area contributed by atoms with Gasteiger partial charge in [0.05, 0.1) is 18.2 Å². The number of anilines is 1. The van der Waals surface area contributed by atoms with E-state index in [4.69, 9.17) is 9.72 Å². The van der Waals surface area contributed by atoms with Crippen LogP contribution in [0.25, 0.3) is 11.3 Å². The predicted octanol–water partition coefficient (Wildman–Crippen LogP) is 5.23. The zero-order valence-electron chi connectivity index (χ0n) is 20.5. The molecule has 3 aliphatic rings. The van der Waals surface area contributed by atoms with Gasteiger partial charge in [-0.15, -0.1) is 11.3 Å². The average molecular weight is 468 g/mol. The van der Waals surface area contributed by atoms with Gasteiger partial charge < -0.3 is 9.64 Å². The number of ether oxygens (including phenoxy) is 1. The quantitative estimate of drug-likeness (QED) is 0.563. The molecule has 0 amide bonds. The van der Waals surface area contributed by atoms with E-state index in [-0.39, 0.29) is 22.7 Å². The Morgan fingerprint density at radius 3 is 2.48 bits per heavy atom. The number of nitrogens with zero attached hydrogens (tertiary/aromatic N) is 3. The second-order valence-corrected chi connectivity index (χ2v) is 12.2. The summed E-state index contributed by atoms with van der Waals surface area (Å²) >= 11 is 1.76. The summed E-state index contributed by atoms with van der Waals surface area (Å²) in [4.78, 5) is 21.6. The molecule has 33 heavy (non-hydrogen) atoms. The zero-order valence-corrected chi connectivity index (χ0v) is 21.3. The minimum atomic E-state index is -0.00178. The third-order valence-electron chi connectivity index (χ3n) is 8.12. The zero-order chi connectivity index (χ0) is 23.2. The van der Waals surface area contributed by atoms with Crippen LogP contribution in [0.2, 0.25) is 0 Å². The van der Waals surface area contributed by atoms with Crippen molar-refractivity contribution in [2.75, 3.05) is 44.2 Å². The third-order valence-corrected chi connectivity index (χ3v) is 9.02. The summed E-state index contributed by atoms with van der Waals surface area (Å²) in [6.07, 6.45) is 4.28. The summed E-state index contributed by atoms with van der Waals surface area (Å²) in [6, 6.07) is 7.03. The molecule has 0 bridgehead atoms. The number of thiazole rings is 1. The van der Waals surface area contributed by atoms with E-state index in [0.717, 1.165) is 56.4 Å². The molecule has 1 unspecified atom stereocenters. The number of hydrogen-bond acceptors (Lipinski definition) is 6. The molecule has 6 heteroatoms. The molecular formula is C27H37N3O2S. The Kier molecular flexibility index (Phi) is 6.02. The van der Waals surface area contributed by atoms with Crippen LogP contribution in [0.1, 0.15) is 64.5 Å². The topological polar surface area (TPSA) is 45.7 Å². The van der Waals surface area contributed by atoms with Crippen molar-refractivity contribution >= 4 is 22.4 Å². The Morgan fingerprint density at radius 1 is 1.06 bits per heavy atom. The number of cyclic esters (lactones) is 1. The first-order chi connectivity index (χ1) is 15.7. The van der Waals surface area contributed by atoms with Crippen molar-refractivity contribution in [3.05, 3.63) is 34.7 Å². The Labute approximate surface area is 202 Å². The second-order valence-electron chi connectivity index (χ2n) is 11.3. The molecule has 2 aromatic rings. The SMILES string of the molecule is CC1(C)CCC(C)(C)c2cc(-c3csc(N4CCN(CCC5CCOC5=O)CC4)n3)ccc21. The molecule has 3 heterocycles. The maximum Gasteiger partial charge on any atom is 0.309 e. The molecule has 2 saturated heterocycles. The van der Waals surface area contributed by atoms with Crippen molar-refractivity contribution in [2.45, 2.75) is 64.2 Å². The molecule has 1 atom stereocenters. The van der Waals surface area contributed by atoms with Gasteiger partial charge >= 0.3 is 5.97 Å². The van der Waals surface area contributed by atoms with Gasteiger partial charge in [-0.2, -0.15) is 0 Å². The van der Waals surface area contributed by atoms with Crippen LogP contribution in [-0.2, 0) is 20.4 Å². The fourth-order valence-corrected chi connectivity index (χ4v) is 6.48. The van der Waals surface area contributed by atoms with Crippen molar-refractivity contribution in [1.29, 1.82) is 0 Å². The van der Waals surface area contributed by atoms with Gasteiger partial charge in [-0.1, -0.05) is 39.8 Å². The van der Waals surface area contributed by atoms with E-state index in [1.165, 1.54) is 29.5 Å². The van der Waals surface area contributed by atoms with Crippen LogP contribution < -0.4 is 4.90 Å². The first-order valence-corrected chi connectivity index (χ1v) is 13.4. The standard InChI is InChI=1S/C27H37N3O2S/c1-26(2)9-10-27(3,4)22-17-20(5-6-21(22)26)23-18-33-25(28-23)30-14-12-29(13-15-30)11-7-19-8-16-32-24(19)31/h5-6,17-19H,7-16H2,1-4H3. The molecule has 1 aromatic carbocycles. The highest BCUT2D eigenvalue weighted by Crippen LogP contribution is 2.47. The summed E-state index contributed by atoms with van der Waals surface area (Å²) in [5, 5.41) is 3.34. The van der Waals surface area contributed by atoms with Crippen LogP contribution in [0.4, 0.5) is 5.13 Å². The molecule has 5 rings (SSSR count). The first kappa shape index (κ1) is 22.9. The second kappa shape index (κ2) is 8.70. The predicted molar refractivity (Wildman–Crippen MR) is 135 cm³/mol. The number of rotatable bonds is 5. The van der Waals surface area contributed by atoms with E-state index in [1.54, 1.807) is 11.3 Å².